The van der Waals surface area contributed by atoms with Gasteiger partial charge in [-0.3, -0.25) is 43.9 Å². The Balaban J connectivity index is 0.771. The van der Waals surface area contributed by atoms with Gasteiger partial charge in [-0.2, -0.15) is 0 Å². The van der Waals surface area contributed by atoms with Crippen molar-refractivity contribution in [1.82, 2.24) is 34.2 Å². The fraction of sp³-hybridized carbons (Fsp3) is 0.429. The number of piperazine rings is 1. The van der Waals surface area contributed by atoms with Crippen molar-refractivity contribution in [3.05, 3.63) is 118 Å². The second-order valence-electron chi connectivity index (χ2n) is 21.9. The number of imide groups is 1. The molecule has 0 bridgehead atoms. The van der Waals surface area contributed by atoms with Crippen molar-refractivity contribution in [3.8, 4) is 11.3 Å². The van der Waals surface area contributed by atoms with Gasteiger partial charge in [-0.25, -0.2) is 9.97 Å². The van der Waals surface area contributed by atoms with Gasteiger partial charge in [0, 0.05) is 124 Å². The van der Waals surface area contributed by atoms with E-state index in [0.29, 0.717) is 83.9 Å². The summed E-state index contributed by atoms with van der Waals surface area (Å²) in [4.78, 5) is 98.4. The van der Waals surface area contributed by atoms with E-state index in [0.717, 1.165) is 62.3 Å². The van der Waals surface area contributed by atoms with Crippen LogP contribution in [-0.4, -0.2) is 120 Å². The Hall–Kier alpha value is -7.64. The van der Waals surface area contributed by atoms with E-state index < -0.39 is 24.1 Å². The van der Waals surface area contributed by atoms with Crippen LogP contribution in [0.2, 0.25) is 0 Å². The summed E-state index contributed by atoms with van der Waals surface area (Å²) in [6.45, 7) is 16.7. The summed E-state index contributed by atoms with van der Waals surface area (Å²) in [5.74, 6) is -1.07. The number of aromatic nitrogens is 4. The first-order chi connectivity index (χ1) is 36.0. The first-order valence-electron chi connectivity index (χ1n) is 26.1. The SMILES string of the molecule is C=CC(=O)Nc1cc(Nc2nc(-c3ccnc(N4CCn5c(cc6c5CC(C)(C)C6)C4=O)c3CO)cn(C)c2=O)ccc1N1CCN(C2CCN(c3ccc4c(c3)CN(C3CCC(=O)NC3=O)C4=O)[C@@H](C)C2)C[C@@H]1C. The van der Waals surface area contributed by atoms with Crippen LogP contribution in [0.25, 0.3) is 11.3 Å². The molecule has 390 valence electrons. The second-order valence-corrected chi connectivity index (χ2v) is 21.9. The molecule has 5 amide bonds. The van der Waals surface area contributed by atoms with E-state index >= 15 is 0 Å². The zero-order valence-electron chi connectivity index (χ0n) is 43.2. The smallest absolute Gasteiger partial charge is 0.293 e. The molecule has 3 aromatic heterocycles. The number of amides is 5. The van der Waals surface area contributed by atoms with Crippen LogP contribution in [0.1, 0.15) is 96.6 Å². The molecule has 6 aliphatic rings. The number of aliphatic hydroxyl groups excluding tert-OH is 1. The highest BCUT2D eigenvalue weighted by atomic mass is 16.3. The number of piperidine rings is 2. The van der Waals surface area contributed by atoms with Crippen LogP contribution < -0.4 is 36.2 Å². The van der Waals surface area contributed by atoms with Gasteiger partial charge in [-0.05, 0) is 117 Å². The van der Waals surface area contributed by atoms with E-state index in [1.165, 1.54) is 21.9 Å². The zero-order chi connectivity index (χ0) is 52.6. The zero-order valence-corrected chi connectivity index (χ0v) is 43.2. The van der Waals surface area contributed by atoms with Gasteiger partial charge in [0.2, 0.25) is 17.7 Å². The lowest BCUT2D eigenvalue weighted by atomic mass is 9.90. The van der Waals surface area contributed by atoms with Crippen molar-refractivity contribution in [1.29, 1.82) is 0 Å². The van der Waals surface area contributed by atoms with Gasteiger partial charge in [0.25, 0.3) is 17.4 Å². The quantitative estimate of drug-likeness (QED) is 0.100. The van der Waals surface area contributed by atoms with E-state index in [4.69, 9.17) is 4.98 Å². The van der Waals surface area contributed by atoms with Gasteiger partial charge in [-0.1, -0.05) is 20.4 Å². The highest BCUT2D eigenvalue weighted by Crippen LogP contribution is 2.41. The van der Waals surface area contributed by atoms with Crippen LogP contribution in [0, 0.1) is 5.41 Å². The summed E-state index contributed by atoms with van der Waals surface area (Å²) in [6, 6.07) is 15.3. The molecule has 0 spiro atoms. The highest BCUT2D eigenvalue weighted by Gasteiger charge is 2.41. The van der Waals surface area contributed by atoms with Crippen molar-refractivity contribution < 1.29 is 29.1 Å². The van der Waals surface area contributed by atoms with Crippen molar-refractivity contribution in [3.63, 3.8) is 0 Å². The van der Waals surface area contributed by atoms with Crippen LogP contribution in [0.15, 0.2) is 78.4 Å². The average Bonchev–Trinajstić information content (AvgIpc) is 4.01. The Morgan fingerprint density at radius 2 is 1.72 bits per heavy atom. The number of benzene rings is 2. The predicted molar refractivity (Wildman–Crippen MR) is 285 cm³/mol. The summed E-state index contributed by atoms with van der Waals surface area (Å²) in [5, 5.41) is 19.5. The first-order valence-corrected chi connectivity index (χ1v) is 26.1. The Morgan fingerprint density at radius 3 is 2.48 bits per heavy atom. The number of anilines is 6. The largest absolute Gasteiger partial charge is 0.392 e. The molecule has 19 nitrogen and oxygen atoms in total. The molecular weight excluding hydrogens is 953 g/mol. The summed E-state index contributed by atoms with van der Waals surface area (Å²) in [5.41, 5.74) is 8.61. The fourth-order valence-electron chi connectivity index (χ4n) is 12.6. The number of fused-ring (bicyclic) bond motifs is 4. The van der Waals surface area contributed by atoms with Crippen LogP contribution in [-0.2, 0) is 54.0 Å². The lowest BCUT2D eigenvalue weighted by Gasteiger charge is -2.48. The Kier molecular flexibility index (Phi) is 12.7. The van der Waals surface area contributed by atoms with Crippen LogP contribution >= 0.6 is 0 Å². The molecule has 75 heavy (non-hydrogen) atoms. The van der Waals surface area contributed by atoms with Gasteiger partial charge in [-0.15, -0.1) is 0 Å². The number of aryl methyl sites for hydroxylation is 1. The van der Waals surface area contributed by atoms with E-state index in [-0.39, 0.29) is 53.4 Å². The molecule has 5 aliphatic heterocycles. The maximum atomic E-state index is 14.1. The summed E-state index contributed by atoms with van der Waals surface area (Å²) >= 11 is 0. The Labute approximate surface area is 435 Å². The summed E-state index contributed by atoms with van der Waals surface area (Å²) in [6.07, 6.45) is 8.71. The molecule has 4 N–H and O–H groups in total. The molecule has 2 aromatic carbocycles. The molecular formula is C56H64N12O7. The van der Waals surface area contributed by atoms with E-state index in [9.17, 15) is 33.9 Å². The number of rotatable bonds is 11. The second kappa shape index (κ2) is 19.2. The fourth-order valence-corrected chi connectivity index (χ4v) is 12.6. The molecule has 0 radical (unpaired) electrons. The third-order valence-electron chi connectivity index (χ3n) is 16.3. The maximum Gasteiger partial charge on any atom is 0.293 e. The number of hydrogen-bond donors (Lipinski definition) is 4. The molecule has 5 aromatic rings. The lowest BCUT2D eigenvalue weighted by molar-refractivity contribution is -0.137. The van der Waals surface area contributed by atoms with Gasteiger partial charge < -0.3 is 39.6 Å². The van der Waals surface area contributed by atoms with Crippen LogP contribution in [0.5, 0.6) is 0 Å². The van der Waals surface area contributed by atoms with Crippen LogP contribution in [0.3, 0.4) is 0 Å². The van der Waals surface area contributed by atoms with Gasteiger partial charge in [0.15, 0.2) is 5.82 Å². The summed E-state index contributed by atoms with van der Waals surface area (Å²) < 4.78 is 3.56. The number of carbonyl (C=O) groups is 5. The minimum atomic E-state index is -0.650. The number of aliphatic hydroxyl groups is 1. The summed E-state index contributed by atoms with van der Waals surface area (Å²) in [7, 11) is 1.63. The molecule has 0 saturated carbocycles. The maximum absolute atomic E-state index is 14.1. The minimum absolute atomic E-state index is 0.0280. The highest BCUT2D eigenvalue weighted by molar-refractivity contribution is 6.07. The van der Waals surface area contributed by atoms with E-state index in [1.54, 1.807) is 41.4 Å². The van der Waals surface area contributed by atoms with E-state index in [2.05, 4.69) is 80.5 Å². The molecule has 1 aliphatic carbocycles. The average molecular weight is 1020 g/mol. The number of hydrogen-bond acceptors (Lipinski definition) is 13. The third kappa shape index (κ3) is 9.04. The molecule has 3 fully saturated rings. The Bertz CT molecular complexity index is 3270. The molecule has 3 saturated heterocycles. The van der Waals surface area contributed by atoms with E-state index in [1.807, 2.05) is 30.3 Å². The first kappa shape index (κ1) is 49.6. The Morgan fingerprint density at radius 1 is 0.893 bits per heavy atom. The van der Waals surface area contributed by atoms with Crippen molar-refractivity contribution in [2.75, 3.05) is 58.1 Å². The lowest BCUT2D eigenvalue weighted by Crippen LogP contribution is -2.58. The minimum Gasteiger partial charge on any atom is -0.392 e. The molecule has 11 rings (SSSR count). The monoisotopic (exact) mass is 1020 g/mol. The standard InChI is InChI=1S/C56H64N12O7/c1-7-48(70)59-42-25-36(58-50-55(75)62(6)30-43(60-50)40-14-16-57-51(41(40)31-69)67-21-20-66-46(54(67)74)24-34-26-56(4,5)27-47(34)66)8-11-44(42)65-19-18-63(28-33(65)3)37-15-17-64(32(2)22-37)38-9-10-39-35(23-38)29-68(53(39)73)45-12-13-49(71)61-52(45)72/h7-11,14,16,23-25,30,32-33,37,45,69H,1,12-13,15,17-22,26-29,31H2,2-6H3,(H,58,60)(H,59,70)(H,61,71,72)/t32-,33-,37?,45?/m0/s1. The molecule has 19 heteroatoms. The van der Waals surface area contributed by atoms with Crippen molar-refractivity contribution in [2.45, 2.75) is 110 Å². The number of carbonyl (C=O) groups excluding carboxylic acids is 5. The predicted octanol–water partition coefficient (Wildman–Crippen LogP) is 5.12. The molecule has 2 unspecified atom stereocenters. The molecule has 8 heterocycles. The van der Waals surface area contributed by atoms with Crippen LogP contribution in [0.4, 0.5) is 34.4 Å². The van der Waals surface area contributed by atoms with Crippen molar-refractivity contribution >= 4 is 63.9 Å². The van der Waals surface area contributed by atoms with Gasteiger partial charge >= 0.3 is 0 Å². The number of pyridine rings is 1. The third-order valence-corrected chi connectivity index (χ3v) is 16.3. The topological polar surface area (TPSA) is 211 Å². The molecule has 4 atom stereocenters. The van der Waals surface area contributed by atoms with Gasteiger partial charge in [0.1, 0.15) is 17.6 Å². The number of nitrogens with one attached hydrogen (secondary N) is 3. The normalized spacial score (nSPS) is 22.5. The number of nitrogens with zero attached hydrogens (tertiary/aromatic N) is 9. The van der Waals surface area contributed by atoms with Gasteiger partial charge in [0.05, 0.1) is 23.7 Å². The van der Waals surface area contributed by atoms with Crippen molar-refractivity contribution in [2.24, 2.45) is 12.5 Å².